The summed E-state index contributed by atoms with van der Waals surface area (Å²) in [6.07, 6.45) is -4.62. The first-order valence-corrected chi connectivity index (χ1v) is 9.12. The second-order valence-corrected chi connectivity index (χ2v) is 6.48. The molecule has 1 saturated heterocycles. The van der Waals surface area contributed by atoms with Crippen LogP contribution in [0.3, 0.4) is 0 Å². The van der Waals surface area contributed by atoms with Gasteiger partial charge in [-0.3, -0.25) is 4.79 Å². The van der Waals surface area contributed by atoms with Gasteiger partial charge < -0.3 is 25.0 Å². The molecule has 160 valence electrons. The molecule has 10 heteroatoms. The van der Waals surface area contributed by atoms with Crippen LogP contribution in [0.4, 0.5) is 23.7 Å². The lowest BCUT2D eigenvalue weighted by atomic mass is 10.1. The Kier molecular flexibility index (Phi) is 6.46. The van der Waals surface area contributed by atoms with E-state index in [0.29, 0.717) is 31.9 Å². The quantitative estimate of drug-likeness (QED) is 0.786. The maximum absolute atomic E-state index is 13.3. The number of hydrogen-bond acceptors (Lipinski definition) is 4. The van der Waals surface area contributed by atoms with E-state index in [4.69, 9.17) is 9.47 Å². The number of carbonyl (C=O) groups excluding carboxylic acids is 2. The smallest absolute Gasteiger partial charge is 0.416 e. The third-order valence-corrected chi connectivity index (χ3v) is 4.36. The fourth-order valence-electron chi connectivity index (χ4n) is 2.82. The van der Waals surface area contributed by atoms with Gasteiger partial charge in [-0.05, 0) is 36.4 Å². The first-order valence-electron chi connectivity index (χ1n) is 9.12. The summed E-state index contributed by atoms with van der Waals surface area (Å²) in [5.74, 6) is -0.157. The molecule has 1 aliphatic rings. The number of morpholine rings is 1. The van der Waals surface area contributed by atoms with Gasteiger partial charge in [0.2, 0.25) is 0 Å². The van der Waals surface area contributed by atoms with Crippen molar-refractivity contribution in [3.8, 4) is 11.5 Å². The molecule has 1 heterocycles. The summed E-state index contributed by atoms with van der Waals surface area (Å²) in [6.45, 7) is 1.45. The summed E-state index contributed by atoms with van der Waals surface area (Å²) in [5.41, 5.74) is -0.620. The van der Waals surface area contributed by atoms with Crippen molar-refractivity contribution in [1.82, 2.24) is 10.2 Å². The van der Waals surface area contributed by atoms with Gasteiger partial charge in [0.25, 0.3) is 5.91 Å². The number of rotatable bonds is 4. The monoisotopic (exact) mass is 423 g/mol. The topological polar surface area (TPSA) is 79.9 Å². The lowest BCUT2D eigenvalue weighted by Gasteiger charge is -2.27. The van der Waals surface area contributed by atoms with Gasteiger partial charge in [0.1, 0.15) is 11.5 Å². The molecule has 1 aliphatic heterocycles. The lowest BCUT2D eigenvalue weighted by Crippen LogP contribution is -2.43. The Labute approximate surface area is 170 Å². The number of anilines is 1. The van der Waals surface area contributed by atoms with Gasteiger partial charge in [-0.1, -0.05) is 0 Å². The van der Waals surface area contributed by atoms with E-state index >= 15 is 0 Å². The molecule has 0 aromatic heterocycles. The van der Waals surface area contributed by atoms with E-state index in [0.717, 1.165) is 12.1 Å². The first-order chi connectivity index (χ1) is 14.3. The molecule has 2 aromatic carbocycles. The summed E-state index contributed by atoms with van der Waals surface area (Å²) in [4.78, 5) is 25.4. The molecule has 7 nitrogen and oxygen atoms in total. The minimum Gasteiger partial charge on any atom is -0.457 e. The Balaban J connectivity index is 1.82. The van der Waals surface area contributed by atoms with Crippen molar-refractivity contribution in [2.24, 2.45) is 0 Å². The predicted octanol–water partition coefficient (Wildman–Crippen LogP) is 3.72. The zero-order valence-corrected chi connectivity index (χ0v) is 16.1. The van der Waals surface area contributed by atoms with Gasteiger partial charge in [0.05, 0.1) is 18.8 Å². The van der Waals surface area contributed by atoms with Crippen molar-refractivity contribution in [2.45, 2.75) is 6.18 Å². The van der Waals surface area contributed by atoms with Crippen LogP contribution in [-0.4, -0.2) is 50.2 Å². The van der Waals surface area contributed by atoms with E-state index in [1.54, 1.807) is 0 Å². The molecule has 0 saturated carbocycles. The molecule has 1 fully saturated rings. The van der Waals surface area contributed by atoms with Crippen LogP contribution < -0.4 is 15.4 Å². The molecule has 3 amide bonds. The van der Waals surface area contributed by atoms with Gasteiger partial charge in [-0.15, -0.1) is 0 Å². The van der Waals surface area contributed by atoms with E-state index in [1.807, 2.05) is 0 Å². The number of halogens is 3. The largest absolute Gasteiger partial charge is 0.457 e. The van der Waals surface area contributed by atoms with Crippen molar-refractivity contribution in [3.63, 3.8) is 0 Å². The Morgan fingerprint density at radius 2 is 1.70 bits per heavy atom. The van der Waals surface area contributed by atoms with Crippen LogP contribution >= 0.6 is 0 Å². The average molecular weight is 423 g/mol. The van der Waals surface area contributed by atoms with Crippen molar-refractivity contribution >= 4 is 17.6 Å². The van der Waals surface area contributed by atoms with Crippen LogP contribution in [0.5, 0.6) is 11.5 Å². The van der Waals surface area contributed by atoms with E-state index in [9.17, 15) is 22.8 Å². The minimum atomic E-state index is -4.62. The van der Waals surface area contributed by atoms with Gasteiger partial charge in [0, 0.05) is 37.5 Å². The molecule has 3 rings (SSSR count). The van der Waals surface area contributed by atoms with E-state index in [1.165, 1.54) is 42.3 Å². The highest BCUT2D eigenvalue weighted by Gasteiger charge is 2.32. The fraction of sp³-hybridized carbons (Fsp3) is 0.300. The van der Waals surface area contributed by atoms with Crippen LogP contribution in [0.2, 0.25) is 0 Å². The molecule has 30 heavy (non-hydrogen) atoms. The van der Waals surface area contributed by atoms with Crippen molar-refractivity contribution in [1.29, 1.82) is 0 Å². The maximum Gasteiger partial charge on any atom is 0.416 e. The maximum atomic E-state index is 13.3. The molecule has 0 bridgehead atoms. The van der Waals surface area contributed by atoms with Gasteiger partial charge in [0.15, 0.2) is 0 Å². The number of amides is 3. The number of ether oxygens (including phenoxy) is 2. The number of nitrogens with one attached hydrogen (secondary N) is 2. The summed E-state index contributed by atoms with van der Waals surface area (Å²) in [5, 5.41) is 4.95. The Morgan fingerprint density at radius 3 is 2.30 bits per heavy atom. The number of nitrogens with zero attached hydrogens (tertiary/aromatic N) is 1. The van der Waals surface area contributed by atoms with Crippen LogP contribution in [0.25, 0.3) is 0 Å². The molecule has 0 unspecified atom stereocenters. The summed E-state index contributed by atoms with van der Waals surface area (Å²) >= 11 is 0. The molecule has 0 aliphatic carbocycles. The number of carbonyl (C=O) groups is 2. The Hall–Kier alpha value is -3.27. The van der Waals surface area contributed by atoms with E-state index in [-0.39, 0.29) is 23.1 Å². The highest BCUT2D eigenvalue weighted by atomic mass is 19.4. The third-order valence-electron chi connectivity index (χ3n) is 4.36. The zero-order chi connectivity index (χ0) is 21.7. The third kappa shape index (κ3) is 5.41. The molecule has 0 atom stereocenters. The van der Waals surface area contributed by atoms with Gasteiger partial charge >= 0.3 is 12.2 Å². The number of alkyl halides is 3. The van der Waals surface area contributed by atoms with Crippen LogP contribution in [0.1, 0.15) is 15.9 Å². The normalized spacial score (nSPS) is 14.2. The second kappa shape index (κ2) is 9.04. The van der Waals surface area contributed by atoms with Crippen molar-refractivity contribution in [3.05, 3.63) is 53.6 Å². The molecule has 2 aromatic rings. The lowest BCUT2D eigenvalue weighted by molar-refractivity contribution is -0.137. The Morgan fingerprint density at radius 1 is 1.03 bits per heavy atom. The van der Waals surface area contributed by atoms with Crippen LogP contribution in [0, 0.1) is 0 Å². The summed E-state index contributed by atoms with van der Waals surface area (Å²) < 4.78 is 50.7. The molecular weight excluding hydrogens is 403 g/mol. The number of hydrogen-bond donors (Lipinski definition) is 2. The average Bonchev–Trinajstić information content (AvgIpc) is 2.73. The van der Waals surface area contributed by atoms with Crippen molar-refractivity contribution in [2.75, 3.05) is 38.7 Å². The van der Waals surface area contributed by atoms with Crippen molar-refractivity contribution < 1.29 is 32.2 Å². The number of benzene rings is 2. The molecular formula is C20H20F3N3O4. The fourth-order valence-corrected chi connectivity index (χ4v) is 2.82. The van der Waals surface area contributed by atoms with Gasteiger partial charge in [-0.25, -0.2) is 4.79 Å². The number of urea groups is 1. The summed E-state index contributed by atoms with van der Waals surface area (Å²) in [7, 11) is 1.49. The Bertz CT molecular complexity index is 911. The molecule has 0 spiro atoms. The predicted molar refractivity (Wildman–Crippen MR) is 103 cm³/mol. The van der Waals surface area contributed by atoms with E-state index in [2.05, 4.69) is 10.6 Å². The zero-order valence-electron chi connectivity index (χ0n) is 16.1. The van der Waals surface area contributed by atoms with E-state index < -0.39 is 17.8 Å². The standard InChI is InChI=1S/C20H20F3N3O4/c1-24-18(27)13-2-4-16(5-3-13)30-17-11-14(20(21,22)23)10-15(12-17)25-19(28)26-6-8-29-9-7-26/h2-5,10-12H,6-9H2,1H3,(H,24,27)(H,25,28). The van der Waals surface area contributed by atoms with Crippen LogP contribution in [-0.2, 0) is 10.9 Å². The highest BCUT2D eigenvalue weighted by Crippen LogP contribution is 2.35. The SMILES string of the molecule is CNC(=O)c1ccc(Oc2cc(NC(=O)N3CCOCC3)cc(C(F)(F)F)c2)cc1. The van der Waals surface area contributed by atoms with Gasteiger partial charge in [-0.2, -0.15) is 13.2 Å². The highest BCUT2D eigenvalue weighted by molar-refractivity contribution is 5.94. The summed E-state index contributed by atoms with van der Waals surface area (Å²) in [6, 6.07) is 8.40. The van der Waals surface area contributed by atoms with Crippen LogP contribution in [0.15, 0.2) is 42.5 Å². The molecule has 2 N–H and O–H groups in total. The minimum absolute atomic E-state index is 0.0432. The second-order valence-electron chi connectivity index (χ2n) is 6.48. The first kappa shape index (κ1) is 21.4. The molecule has 0 radical (unpaired) electrons.